The van der Waals surface area contributed by atoms with E-state index in [2.05, 4.69) is 0 Å². The molecule has 0 heterocycles. The number of amides is 1. The molecule has 0 aliphatic rings. The third-order valence-corrected chi connectivity index (χ3v) is 3.34. The van der Waals surface area contributed by atoms with Crippen molar-refractivity contribution in [3.8, 4) is 11.5 Å². The van der Waals surface area contributed by atoms with Crippen molar-refractivity contribution in [2.45, 2.75) is 26.9 Å². The van der Waals surface area contributed by atoms with Crippen LogP contribution >= 0.6 is 0 Å². The number of hydrogen-bond donors (Lipinski definition) is 1. The van der Waals surface area contributed by atoms with E-state index in [9.17, 15) is 18.0 Å². The molecule has 2 aromatic carbocycles. The van der Waals surface area contributed by atoms with E-state index < -0.39 is 12.1 Å². The molecular formula is C17H16F3NO2. The maximum Gasteiger partial charge on any atom is 0.471 e. The fourth-order valence-corrected chi connectivity index (χ4v) is 2.02. The van der Waals surface area contributed by atoms with Gasteiger partial charge in [0.2, 0.25) is 0 Å². The molecule has 2 rings (SSSR count). The molecule has 0 spiro atoms. The third kappa shape index (κ3) is 4.03. The summed E-state index contributed by atoms with van der Waals surface area (Å²) in [7, 11) is 0. The maximum atomic E-state index is 12.3. The molecule has 0 atom stereocenters. The Kier molecular flexibility index (Phi) is 4.63. The number of carbonyl (C=O) groups excluding carboxylic acids is 1. The van der Waals surface area contributed by atoms with Gasteiger partial charge in [-0.2, -0.15) is 13.2 Å². The van der Waals surface area contributed by atoms with Crippen molar-refractivity contribution in [1.82, 2.24) is 0 Å². The molecule has 0 bridgehead atoms. The van der Waals surface area contributed by atoms with E-state index in [1.54, 1.807) is 19.9 Å². The molecule has 0 unspecified atom stereocenters. The summed E-state index contributed by atoms with van der Waals surface area (Å²) >= 11 is 0. The summed E-state index contributed by atoms with van der Waals surface area (Å²) in [6, 6.07) is 10.5. The summed E-state index contributed by atoms with van der Waals surface area (Å²) in [5.41, 5.74) is 2.16. The van der Waals surface area contributed by atoms with E-state index in [-0.39, 0.29) is 5.69 Å². The Labute approximate surface area is 132 Å². The molecule has 2 aromatic rings. The molecular weight excluding hydrogens is 307 g/mol. The van der Waals surface area contributed by atoms with E-state index in [0.717, 1.165) is 5.56 Å². The Hall–Kier alpha value is -2.50. The van der Waals surface area contributed by atoms with E-state index in [1.165, 1.54) is 6.07 Å². The minimum Gasteiger partial charge on any atom is -0.457 e. The smallest absolute Gasteiger partial charge is 0.457 e. The van der Waals surface area contributed by atoms with E-state index >= 15 is 0 Å². The fraction of sp³-hybridized carbons (Fsp3) is 0.235. The number of rotatable bonds is 3. The standard InChI is InChI=1S/C17H16F3NO2/c1-10-6-4-5-7-14(10)23-15-9-11(2)13(8-12(15)3)21-16(22)17(18,19)20/h4-9H,1-3H3,(H,21,22). The second kappa shape index (κ2) is 6.32. The molecule has 0 radical (unpaired) electrons. The number of halogens is 3. The molecule has 1 N–H and O–H groups in total. The van der Waals surface area contributed by atoms with Crippen molar-refractivity contribution >= 4 is 11.6 Å². The number of alkyl halides is 3. The highest BCUT2D eigenvalue weighted by atomic mass is 19.4. The molecule has 0 aromatic heterocycles. The lowest BCUT2D eigenvalue weighted by Gasteiger charge is -2.15. The van der Waals surface area contributed by atoms with Crippen molar-refractivity contribution in [2.75, 3.05) is 5.32 Å². The molecule has 1 amide bonds. The Morgan fingerprint density at radius 3 is 2.22 bits per heavy atom. The summed E-state index contributed by atoms with van der Waals surface area (Å²) in [6.45, 7) is 5.21. The molecule has 0 fully saturated rings. The van der Waals surface area contributed by atoms with Crippen LogP contribution < -0.4 is 10.1 Å². The minimum absolute atomic E-state index is 0.113. The van der Waals surface area contributed by atoms with Crippen LogP contribution in [0.3, 0.4) is 0 Å². The third-order valence-electron chi connectivity index (χ3n) is 3.34. The van der Waals surface area contributed by atoms with Crippen LogP contribution in [0.4, 0.5) is 18.9 Å². The van der Waals surface area contributed by atoms with E-state index in [0.29, 0.717) is 22.6 Å². The number of benzene rings is 2. The topological polar surface area (TPSA) is 38.3 Å². The summed E-state index contributed by atoms with van der Waals surface area (Å²) in [4.78, 5) is 11.1. The molecule has 0 aliphatic heterocycles. The van der Waals surface area contributed by atoms with Gasteiger partial charge in [-0.15, -0.1) is 0 Å². The molecule has 23 heavy (non-hydrogen) atoms. The largest absolute Gasteiger partial charge is 0.471 e. The van der Waals surface area contributed by atoms with Crippen LogP contribution in [-0.4, -0.2) is 12.1 Å². The van der Waals surface area contributed by atoms with Crippen molar-refractivity contribution in [2.24, 2.45) is 0 Å². The van der Waals surface area contributed by atoms with Crippen LogP contribution in [0.25, 0.3) is 0 Å². The number of para-hydroxylation sites is 1. The monoisotopic (exact) mass is 323 g/mol. The zero-order chi connectivity index (χ0) is 17.2. The lowest BCUT2D eigenvalue weighted by molar-refractivity contribution is -0.167. The van der Waals surface area contributed by atoms with Gasteiger partial charge in [-0.05, 0) is 55.7 Å². The fourth-order valence-electron chi connectivity index (χ4n) is 2.02. The first-order valence-electron chi connectivity index (χ1n) is 6.91. The van der Waals surface area contributed by atoms with Crippen LogP contribution in [0.15, 0.2) is 36.4 Å². The maximum absolute atomic E-state index is 12.3. The predicted octanol–water partition coefficient (Wildman–Crippen LogP) is 4.90. The van der Waals surface area contributed by atoms with E-state index in [4.69, 9.17) is 4.74 Å². The van der Waals surface area contributed by atoms with Crippen molar-refractivity contribution in [3.63, 3.8) is 0 Å². The van der Waals surface area contributed by atoms with Crippen LogP contribution in [0.2, 0.25) is 0 Å². The van der Waals surface area contributed by atoms with Gasteiger partial charge in [-0.1, -0.05) is 18.2 Å². The Morgan fingerprint density at radius 1 is 0.957 bits per heavy atom. The quantitative estimate of drug-likeness (QED) is 0.872. The van der Waals surface area contributed by atoms with Gasteiger partial charge in [0.05, 0.1) is 0 Å². The zero-order valence-corrected chi connectivity index (χ0v) is 12.9. The number of ether oxygens (including phenoxy) is 1. The number of hydrogen-bond acceptors (Lipinski definition) is 2. The van der Waals surface area contributed by atoms with Gasteiger partial charge >= 0.3 is 12.1 Å². The zero-order valence-electron chi connectivity index (χ0n) is 12.9. The molecule has 0 aliphatic carbocycles. The van der Waals surface area contributed by atoms with Gasteiger partial charge < -0.3 is 10.1 Å². The van der Waals surface area contributed by atoms with Gasteiger partial charge in [0.15, 0.2) is 0 Å². The average molecular weight is 323 g/mol. The van der Waals surface area contributed by atoms with Crippen molar-refractivity contribution < 1.29 is 22.7 Å². The number of carbonyl (C=O) groups is 1. The molecule has 6 heteroatoms. The number of nitrogens with one attached hydrogen (secondary N) is 1. The van der Waals surface area contributed by atoms with Crippen LogP contribution in [0, 0.1) is 20.8 Å². The molecule has 0 saturated carbocycles. The van der Waals surface area contributed by atoms with Crippen LogP contribution in [-0.2, 0) is 4.79 Å². The molecule has 0 saturated heterocycles. The highest BCUT2D eigenvalue weighted by Gasteiger charge is 2.38. The number of anilines is 1. The Balaban J connectivity index is 2.27. The first-order valence-corrected chi connectivity index (χ1v) is 6.91. The first kappa shape index (κ1) is 16.9. The van der Waals surface area contributed by atoms with Gasteiger partial charge in [0, 0.05) is 5.69 Å². The first-order chi connectivity index (χ1) is 10.7. The van der Waals surface area contributed by atoms with Crippen molar-refractivity contribution in [1.29, 1.82) is 0 Å². The average Bonchev–Trinajstić information content (AvgIpc) is 2.45. The van der Waals surface area contributed by atoms with Crippen LogP contribution in [0.5, 0.6) is 11.5 Å². The summed E-state index contributed by atoms with van der Waals surface area (Å²) < 4.78 is 42.8. The Morgan fingerprint density at radius 2 is 1.61 bits per heavy atom. The normalized spacial score (nSPS) is 11.2. The molecule has 3 nitrogen and oxygen atoms in total. The van der Waals surface area contributed by atoms with Crippen LogP contribution in [0.1, 0.15) is 16.7 Å². The van der Waals surface area contributed by atoms with Gasteiger partial charge in [0.25, 0.3) is 0 Å². The van der Waals surface area contributed by atoms with Gasteiger partial charge in [0.1, 0.15) is 11.5 Å². The second-order valence-electron chi connectivity index (χ2n) is 5.25. The van der Waals surface area contributed by atoms with Gasteiger partial charge in [-0.3, -0.25) is 4.79 Å². The highest BCUT2D eigenvalue weighted by molar-refractivity contribution is 5.95. The second-order valence-corrected chi connectivity index (χ2v) is 5.25. The Bertz CT molecular complexity index is 739. The highest BCUT2D eigenvalue weighted by Crippen LogP contribution is 2.32. The van der Waals surface area contributed by atoms with Crippen molar-refractivity contribution in [3.05, 3.63) is 53.1 Å². The van der Waals surface area contributed by atoms with E-state index in [1.807, 2.05) is 36.5 Å². The SMILES string of the molecule is Cc1cc(Oc2ccccc2C)c(C)cc1NC(=O)C(F)(F)F. The summed E-state index contributed by atoms with van der Waals surface area (Å²) in [5.74, 6) is -0.795. The lowest BCUT2D eigenvalue weighted by Crippen LogP contribution is -2.30. The summed E-state index contributed by atoms with van der Waals surface area (Å²) in [5, 5.41) is 1.87. The number of aryl methyl sites for hydroxylation is 3. The lowest BCUT2D eigenvalue weighted by atomic mass is 10.1. The summed E-state index contributed by atoms with van der Waals surface area (Å²) in [6.07, 6.45) is -4.92. The molecule has 122 valence electrons. The van der Waals surface area contributed by atoms with Gasteiger partial charge in [-0.25, -0.2) is 0 Å². The minimum atomic E-state index is -4.92. The predicted molar refractivity (Wildman–Crippen MR) is 81.9 cm³/mol.